The van der Waals surface area contributed by atoms with Crippen LogP contribution >= 0.6 is 22.9 Å². The van der Waals surface area contributed by atoms with Gasteiger partial charge in [-0.2, -0.15) is 0 Å². The smallest absolute Gasteiger partial charge is 0.338 e. The molecule has 4 rings (SSSR count). The van der Waals surface area contributed by atoms with Gasteiger partial charge in [0.05, 0.1) is 30.9 Å². The maximum atomic E-state index is 14.4. The molecule has 2 atom stereocenters. The molecule has 2 N–H and O–H groups in total. The Morgan fingerprint density at radius 3 is 2.86 bits per heavy atom. The van der Waals surface area contributed by atoms with Gasteiger partial charge in [-0.05, 0) is 13.0 Å². The first kappa shape index (κ1) is 25.2. The number of nitrogens with zero attached hydrogens (tertiary/aromatic N) is 3. The summed E-state index contributed by atoms with van der Waals surface area (Å²) in [5.41, 5.74) is -1.07. The molecular weight excluding hydrogens is 506 g/mol. The molecule has 0 aliphatic carbocycles. The number of carbonyl (C=O) groups excluding carboxylic acids is 1. The first-order chi connectivity index (χ1) is 16.7. The maximum Gasteiger partial charge on any atom is 0.338 e. The molecule has 2 aliphatic heterocycles. The Balaban J connectivity index is 1.88. The number of ether oxygens (including phenoxy) is 2. The van der Waals surface area contributed by atoms with Crippen LogP contribution in [0.4, 0.5) is 8.78 Å². The average Bonchev–Trinajstić information content (AvgIpc) is 3.38. The highest BCUT2D eigenvalue weighted by atomic mass is 35.5. The number of amidine groups is 1. The van der Waals surface area contributed by atoms with Gasteiger partial charge in [0.15, 0.2) is 22.5 Å². The van der Waals surface area contributed by atoms with E-state index in [1.807, 2.05) is 0 Å². The number of aliphatic imine (C=N–C) groups is 1. The molecule has 2 aliphatic rings. The van der Waals surface area contributed by atoms with Crippen LogP contribution in [0.3, 0.4) is 0 Å². The van der Waals surface area contributed by atoms with E-state index in [-0.39, 0.29) is 49.0 Å². The number of carboxylic acid groups (broad SMARTS) is 1. The number of hydrogen-bond acceptors (Lipinski definition) is 9. The number of halogens is 3. The molecular formula is C22H21ClF2N4O5S. The van der Waals surface area contributed by atoms with E-state index in [1.165, 1.54) is 31.4 Å². The zero-order valence-corrected chi connectivity index (χ0v) is 20.3. The van der Waals surface area contributed by atoms with Gasteiger partial charge in [0.1, 0.15) is 11.6 Å². The largest absolute Gasteiger partial charge is 0.480 e. The summed E-state index contributed by atoms with van der Waals surface area (Å²) < 4.78 is 38.6. The number of thiazole rings is 1. The van der Waals surface area contributed by atoms with Crippen LogP contribution in [0, 0.1) is 11.6 Å². The summed E-state index contributed by atoms with van der Waals surface area (Å²) in [6.07, 6.45) is 1.56. The van der Waals surface area contributed by atoms with E-state index in [0.29, 0.717) is 5.01 Å². The Hall–Kier alpha value is -2.93. The lowest BCUT2D eigenvalue weighted by Crippen LogP contribution is -2.61. The number of hydrogen-bond donors (Lipinski definition) is 2. The minimum Gasteiger partial charge on any atom is -0.480 e. The molecule has 1 aromatic carbocycles. The van der Waals surface area contributed by atoms with Crippen LogP contribution in [0.1, 0.15) is 23.5 Å². The number of aliphatic carboxylic acids is 1. The number of esters is 1. The fourth-order valence-electron chi connectivity index (χ4n) is 3.92. The van der Waals surface area contributed by atoms with Crippen LogP contribution in [0.2, 0.25) is 5.02 Å². The zero-order chi connectivity index (χ0) is 25.3. The molecule has 35 heavy (non-hydrogen) atoms. The molecule has 0 bridgehead atoms. The number of carboxylic acids is 1. The Kier molecular flexibility index (Phi) is 7.17. The topological polar surface area (TPSA) is 113 Å². The highest BCUT2D eigenvalue weighted by Gasteiger charge is 2.44. The van der Waals surface area contributed by atoms with Crippen molar-refractivity contribution in [1.29, 1.82) is 0 Å². The molecule has 0 saturated carbocycles. The van der Waals surface area contributed by atoms with Gasteiger partial charge in [0.25, 0.3) is 0 Å². The molecule has 3 heterocycles. The van der Waals surface area contributed by atoms with E-state index in [4.69, 9.17) is 21.1 Å². The van der Waals surface area contributed by atoms with Crippen molar-refractivity contribution >= 4 is 40.7 Å². The third-order valence-electron chi connectivity index (χ3n) is 5.92. The summed E-state index contributed by atoms with van der Waals surface area (Å²) in [5, 5.41) is 14.6. The lowest BCUT2D eigenvalue weighted by atomic mass is 9.93. The predicted molar refractivity (Wildman–Crippen MR) is 123 cm³/mol. The second-order valence-corrected chi connectivity index (χ2v) is 9.32. The summed E-state index contributed by atoms with van der Waals surface area (Å²) in [5.74, 6) is -4.04. The van der Waals surface area contributed by atoms with Crippen molar-refractivity contribution in [3.05, 3.63) is 62.2 Å². The SMILES string of the molecule is COC(=O)C1=C(CN2CCOC[C@@]2(C)C(=O)O)NC(c2nccs2)=N[C@H]1c1ccc(F)c(F)c1Cl. The van der Waals surface area contributed by atoms with Gasteiger partial charge in [-0.1, -0.05) is 17.7 Å². The normalized spacial score (nSPS) is 23.0. The molecule has 0 unspecified atom stereocenters. The average molecular weight is 527 g/mol. The van der Waals surface area contributed by atoms with Crippen LogP contribution < -0.4 is 5.32 Å². The third kappa shape index (κ3) is 4.66. The van der Waals surface area contributed by atoms with Gasteiger partial charge >= 0.3 is 11.9 Å². The van der Waals surface area contributed by atoms with E-state index in [2.05, 4.69) is 15.3 Å². The number of morpholine rings is 1. The summed E-state index contributed by atoms with van der Waals surface area (Å²) in [7, 11) is 1.17. The number of aromatic nitrogens is 1. The second-order valence-electron chi connectivity index (χ2n) is 8.04. The molecule has 186 valence electrons. The molecule has 2 aromatic rings. The quantitative estimate of drug-likeness (QED) is 0.436. The highest BCUT2D eigenvalue weighted by molar-refractivity contribution is 7.11. The third-order valence-corrected chi connectivity index (χ3v) is 7.09. The van der Waals surface area contributed by atoms with Gasteiger partial charge in [0.2, 0.25) is 0 Å². The van der Waals surface area contributed by atoms with E-state index in [0.717, 1.165) is 6.07 Å². The Morgan fingerprint density at radius 1 is 1.43 bits per heavy atom. The van der Waals surface area contributed by atoms with Crippen molar-refractivity contribution in [2.75, 3.05) is 33.4 Å². The van der Waals surface area contributed by atoms with Crippen LogP contribution in [-0.4, -0.2) is 71.7 Å². The van der Waals surface area contributed by atoms with Crippen molar-refractivity contribution in [2.45, 2.75) is 18.5 Å². The molecule has 0 spiro atoms. The minimum absolute atomic E-state index is 0.0139. The van der Waals surface area contributed by atoms with Crippen LogP contribution in [0.25, 0.3) is 0 Å². The minimum atomic E-state index is -1.38. The molecule has 1 fully saturated rings. The summed E-state index contributed by atoms with van der Waals surface area (Å²) in [4.78, 5) is 35.5. The standard InChI is InChI=1S/C22H21ClF2N4O5S/c1-22(21(31)32)10-34-7-6-29(22)9-13-14(20(30)33-2)17(11-3-4-12(24)16(25)15(11)23)28-18(27-13)19-26-5-8-35-19/h3-5,8,17H,6-7,9-10H2,1-2H3,(H,27,28)(H,31,32)/t17-,22-/m0/s1. The van der Waals surface area contributed by atoms with Gasteiger partial charge in [-0.3, -0.25) is 14.7 Å². The number of methoxy groups -OCH3 is 1. The molecule has 0 amide bonds. The number of rotatable bonds is 6. The van der Waals surface area contributed by atoms with E-state index >= 15 is 0 Å². The van der Waals surface area contributed by atoms with E-state index in [1.54, 1.807) is 16.5 Å². The van der Waals surface area contributed by atoms with Crippen molar-refractivity contribution in [2.24, 2.45) is 4.99 Å². The molecule has 13 heteroatoms. The predicted octanol–water partition coefficient (Wildman–Crippen LogP) is 2.77. The van der Waals surface area contributed by atoms with Gasteiger partial charge in [-0.25, -0.2) is 18.6 Å². The monoisotopic (exact) mass is 526 g/mol. The summed E-state index contributed by atoms with van der Waals surface area (Å²) in [6.45, 7) is 1.99. The first-order valence-electron chi connectivity index (χ1n) is 10.4. The lowest BCUT2D eigenvalue weighted by Gasteiger charge is -2.42. The Morgan fingerprint density at radius 2 is 2.20 bits per heavy atom. The van der Waals surface area contributed by atoms with E-state index in [9.17, 15) is 23.5 Å². The van der Waals surface area contributed by atoms with Crippen LogP contribution in [0.15, 0.2) is 40.0 Å². The molecule has 9 nitrogen and oxygen atoms in total. The molecule has 0 radical (unpaired) electrons. The Labute approximate surface area is 208 Å². The van der Waals surface area contributed by atoms with Crippen molar-refractivity contribution < 1.29 is 33.0 Å². The second kappa shape index (κ2) is 9.97. The zero-order valence-electron chi connectivity index (χ0n) is 18.7. The number of benzene rings is 1. The fourth-order valence-corrected chi connectivity index (χ4v) is 4.77. The van der Waals surface area contributed by atoms with Crippen molar-refractivity contribution in [1.82, 2.24) is 15.2 Å². The lowest BCUT2D eigenvalue weighted by molar-refractivity contribution is -0.161. The first-order valence-corrected chi connectivity index (χ1v) is 11.7. The van der Waals surface area contributed by atoms with Gasteiger partial charge in [-0.15, -0.1) is 11.3 Å². The van der Waals surface area contributed by atoms with Crippen molar-refractivity contribution in [3.8, 4) is 0 Å². The van der Waals surface area contributed by atoms with Crippen LogP contribution in [-0.2, 0) is 19.1 Å². The summed E-state index contributed by atoms with van der Waals surface area (Å²) >= 11 is 7.41. The van der Waals surface area contributed by atoms with Crippen LogP contribution in [0.5, 0.6) is 0 Å². The fraction of sp³-hybridized carbons (Fsp3) is 0.364. The summed E-state index contributed by atoms with van der Waals surface area (Å²) in [6, 6.07) is 0.975. The number of nitrogens with one attached hydrogen (secondary N) is 1. The maximum absolute atomic E-state index is 14.4. The molecule has 1 aromatic heterocycles. The Bertz CT molecular complexity index is 1220. The molecule has 1 saturated heterocycles. The van der Waals surface area contributed by atoms with E-state index < -0.39 is 40.2 Å². The highest BCUT2D eigenvalue weighted by Crippen LogP contribution is 2.38. The van der Waals surface area contributed by atoms with Gasteiger partial charge < -0.3 is 19.9 Å². The number of carbonyl (C=O) groups is 2. The van der Waals surface area contributed by atoms with Crippen molar-refractivity contribution in [3.63, 3.8) is 0 Å². The van der Waals surface area contributed by atoms with Gasteiger partial charge in [0, 0.05) is 35.9 Å².